The van der Waals surface area contributed by atoms with E-state index in [4.69, 9.17) is 15.8 Å². The largest absolute Gasteiger partial charge is 0.351 e. The number of aromatic nitrogens is 3. The Morgan fingerprint density at radius 3 is 2.64 bits per heavy atom. The van der Waals surface area contributed by atoms with Gasteiger partial charge in [0.25, 0.3) is 0 Å². The predicted octanol–water partition coefficient (Wildman–Crippen LogP) is 3.02. The van der Waals surface area contributed by atoms with Crippen LogP contribution >= 0.6 is 0 Å². The summed E-state index contributed by atoms with van der Waals surface area (Å²) in [6.07, 6.45) is 4.31. The van der Waals surface area contributed by atoms with Crippen LogP contribution in [0.2, 0.25) is 0 Å². The van der Waals surface area contributed by atoms with E-state index in [9.17, 15) is 4.79 Å². The van der Waals surface area contributed by atoms with E-state index < -0.39 is 0 Å². The standard InChI is InChI=1S/C19H25N5O/c1-12-5-8-16(10-13(12)2)24-18(21-17(22-24)14-6-7-14)15-4-3-9-23(11-15)19(20)25/h5,8,10,14-15H,3-4,6-7,9,11H2,1-2H3,(H2,20,25)/t15-/m0/s1. The van der Waals surface area contributed by atoms with E-state index in [1.54, 1.807) is 4.90 Å². The van der Waals surface area contributed by atoms with Crippen molar-refractivity contribution in [1.29, 1.82) is 0 Å². The van der Waals surface area contributed by atoms with E-state index in [1.165, 1.54) is 24.0 Å². The van der Waals surface area contributed by atoms with Crippen molar-refractivity contribution in [2.24, 2.45) is 5.73 Å². The Balaban J connectivity index is 1.73. The molecule has 4 rings (SSSR count). The summed E-state index contributed by atoms with van der Waals surface area (Å²) in [6.45, 7) is 5.59. The molecule has 25 heavy (non-hydrogen) atoms. The molecule has 1 aromatic heterocycles. The molecule has 2 heterocycles. The fourth-order valence-corrected chi connectivity index (χ4v) is 3.55. The second-order valence-corrected chi connectivity index (χ2v) is 7.41. The lowest BCUT2D eigenvalue weighted by Crippen LogP contribution is -2.42. The lowest BCUT2D eigenvalue weighted by atomic mass is 9.97. The number of carbonyl (C=O) groups excluding carboxylic acids is 1. The monoisotopic (exact) mass is 339 g/mol. The molecule has 2 N–H and O–H groups in total. The molecular formula is C19H25N5O. The van der Waals surface area contributed by atoms with Crippen LogP contribution in [-0.2, 0) is 0 Å². The molecule has 1 aliphatic carbocycles. The molecule has 0 bridgehead atoms. The van der Waals surface area contributed by atoms with Crippen LogP contribution in [0.25, 0.3) is 5.69 Å². The average Bonchev–Trinajstić information content (AvgIpc) is 3.36. The van der Waals surface area contributed by atoms with E-state index in [0.29, 0.717) is 12.5 Å². The van der Waals surface area contributed by atoms with Gasteiger partial charge in [0, 0.05) is 24.9 Å². The van der Waals surface area contributed by atoms with Crippen LogP contribution in [0.15, 0.2) is 18.2 Å². The zero-order valence-electron chi connectivity index (χ0n) is 14.9. The fraction of sp³-hybridized carbons (Fsp3) is 0.526. The van der Waals surface area contributed by atoms with Crippen molar-refractivity contribution in [3.05, 3.63) is 41.0 Å². The number of likely N-dealkylation sites (tertiary alicyclic amines) is 1. The lowest BCUT2D eigenvalue weighted by molar-refractivity contribution is 0.187. The zero-order valence-corrected chi connectivity index (χ0v) is 14.9. The number of primary amides is 1. The van der Waals surface area contributed by atoms with Crippen molar-refractivity contribution in [1.82, 2.24) is 19.7 Å². The van der Waals surface area contributed by atoms with Gasteiger partial charge >= 0.3 is 6.03 Å². The molecule has 1 saturated heterocycles. The van der Waals surface area contributed by atoms with Crippen LogP contribution in [-0.4, -0.2) is 38.8 Å². The van der Waals surface area contributed by atoms with Gasteiger partial charge in [0.2, 0.25) is 0 Å². The van der Waals surface area contributed by atoms with Crippen LogP contribution in [0.1, 0.15) is 60.3 Å². The third kappa shape index (κ3) is 3.13. The quantitative estimate of drug-likeness (QED) is 0.934. The third-order valence-electron chi connectivity index (χ3n) is 5.42. The van der Waals surface area contributed by atoms with Gasteiger partial charge < -0.3 is 10.6 Å². The first kappa shape index (κ1) is 16.1. The number of nitrogens with zero attached hydrogens (tertiary/aromatic N) is 4. The minimum atomic E-state index is -0.343. The molecule has 1 aromatic carbocycles. The second kappa shape index (κ2) is 6.17. The van der Waals surface area contributed by atoms with Gasteiger partial charge in [0.05, 0.1) is 5.69 Å². The minimum absolute atomic E-state index is 0.183. The van der Waals surface area contributed by atoms with Gasteiger partial charge in [0.15, 0.2) is 5.82 Å². The van der Waals surface area contributed by atoms with Crippen molar-refractivity contribution in [2.45, 2.75) is 51.4 Å². The Bertz CT molecular complexity index is 808. The first-order valence-corrected chi connectivity index (χ1v) is 9.12. The summed E-state index contributed by atoms with van der Waals surface area (Å²) in [6, 6.07) is 6.05. The highest BCUT2D eigenvalue weighted by atomic mass is 16.2. The normalized spacial score (nSPS) is 20.7. The van der Waals surface area contributed by atoms with Crippen LogP contribution in [0.3, 0.4) is 0 Å². The molecule has 1 atom stereocenters. The highest BCUT2D eigenvalue weighted by Crippen LogP contribution is 2.39. The van der Waals surface area contributed by atoms with E-state index in [1.807, 2.05) is 4.68 Å². The van der Waals surface area contributed by atoms with Gasteiger partial charge in [-0.25, -0.2) is 14.5 Å². The Labute approximate surface area is 148 Å². The summed E-state index contributed by atoms with van der Waals surface area (Å²) >= 11 is 0. The summed E-state index contributed by atoms with van der Waals surface area (Å²) in [4.78, 5) is 18.2. The van der Waals surface area contributed by atoms with Crippen molar-refractivity contribution >= 4 is 6.03 Å². The molecule has 0 unspecified atom stereocenters. The molecule has 2 amide bonds. The number of carbonyl (C=O) groups is 1. The Kier molecular flexibility index (Phi) is 3.98. The first-order chi connectivity index (χ1) is 12.0. The number of hydrogen-bond donors (Lipinski definition) is 1. The highest BCUT2D eigenvalue weighted by Gasteiger charge is 2.33. The smallest absolute Gasteiger partial charge is 0.314 e. The number of rotatable bonds is 3. The number of urea groups is 1. The van der Waals surface area contributed by atoms with Gasteiger partial charge in [-0.1, -0.05) is 6.07 Å². The molecule has 6 heteroatoms. The first-order valence-electron chi connectivity index (χ1n) is 9.12. The third-order valence-corrected chi connectivity index (χ3v) is 5.42. The average molecular weight is 339 g/mol. The summed E-state index contributed by atoms with van der Waals surface area (Å²) in [5, 5.41) is 4.83. The maximum absolute atomic E-state index is 11.6. The van der Waals surface area contributed by atoms with Crippen molar-refractivity contribution in [2.75, 3.05) is 13.1 Å². The second-order valence-electron chi connectivity index (χ2n) is 7.41. The minimum Gasteiger partial charge on any atom is -0.351 e. The van der Waals surface area contributed by atoms with E-state index in [2.05, 4.69) is 32.0 Å². The highest BCUT2D eigenvalue weighted by molar-refractivity contribution is 5.72. The molecule has 1 saturated carbocycles. The van der Waals surface area contributed by atoms with Crippen LogP contribution in [0.5, 0.6) is 0 Å². The number of hydrogen-bond acceptors (Lipinski definition) is 3. The van der Waals surface area contributed by atoms with Gasteiger partial charge in [0.1, 0.15) is 5.82 Å². The molecule has 1 aliphatic heterocycles. The Morgan fingerprint density at radius 2 is 1.96 bits per heavy atom. The van der Waals surface area contributed by atoms with E-state index in [-0.39, 0.29) is 11.9 Å². The number of piperidine rings is 1. The van der Waals surface area contributed by atoms with Crippen molar-refractivity contribution in [3.8, 4) is 5.69 Å². The molecule has 132 valence electrons. The molecule has 0 radical (unpaired) electrons. The van der Waals surface area contributed by atoms with Crippen LogP contribution in [0, 0.1) is 13.8 Å². The topological polar surface area (TPSA) is 77.0 Å². The van der Waals surface area contributed by atoms with Gasteiger partial charge in [-0.2, -0.15) is 5.10 Å². The number of amides is 2. The van der Waals surface area contributed by atoms with Crippen molar-refractivity contribution < 1.29 is 4.79 Å². The van der Waals surface area contributed by atoms with Gasteiger partial charge in [-0.3, -0.25) is 0 Å². The summed E-state index contributed by atoms with van der Waals surface area (Å²) in [7, 11) is 0. The molecule has 6 nitrogen and oxygen atoms in total. The maximum Gasteiger partial charge on any atom is 0.314 e. The number of aryl methyl sites for hydroxylation is 2. The van der Waals surface area contributed by atoms with E-state index >= 15 is 0 Å². The molecule has 2 aliphatic rings. The molecule has 2 fully saturated rings. The summed E-state index contributed by atoms with van der Waals surface area (Å²) in [5.41, 5.74) is 9.06. The zero-order chi connectivity index (χ0) is 17.6. The van der Waals surface area contributed by atoms with Crippen molar-refractivity contribution in [3.63, 3.8) is 0 Å². The number of nitrogens with two attached hydrogens (primary N) is 1. The van der Waals surface area contributed by atoms with Gasteiger partial charge in [-0.05, 0) is 62.8 Å². The van der Waals surface area contributed by atoms with Crippen LogP contribution in [0.4, 0.5) is 4.79 Å². The molecule has 0 spiro atoms. The summed E-state index contributed by atoms with van der Waals surface area (Å²) in [5.74, 6) is 2.60. The van der Waals surface area contributed by atoms with E-state index in [0.717, 1.165) is 36.7 Å². The van der Waals surface area contributed by atoms with Crippen LogP contribution < -0.4 is 5.73 Å². The molecule has 2 aromatic rings. The fourth-order valence-electron chi connectivity index (χ4n) is 3.55. The Hall–Kier alpha value is -2.37. The van der Waals surface area contributed by atoms with Gasteiger partial charge in [-0.15, -0.1) is 0 Å². The number of benzene rings is 1. The SMILES string of the molecule is Cc1ccc(-n2nc(C3CC3)nc2[C@H]2CCCN(C(N)=O)C2)cc1C. The maximum atomic E-state index is 11.6. The predicted molar refractivity (Wildman–Crippen MR) is 95.9 cm³/mol. The lowest BCUT2D eigenvalue weighted by Gasteiger charge is -2.31. The Morgan fingerprint density at radius 1 is 1.16 bits per heavy atom. The molecular weight excluding hydrogens is 314 g/mol. The summed E-state index contributed by atoms with van der Waals surface area (Å²) < 4.78 is 2.00.